The average Bonchev–Trinajstić information content (AvgIpc) is 3.16. The van der Waals surface area contributed by atoms with Gasteiger partial charge in [-0.15, -0.1) is 11.3 Å². The lowest BCUT2D eigenvalue weighted by molar-refractivity contribution is 0.302. The van der Waals surface area contributed by atoms with Crippen LogP contribution in [0.15, 0.2) is 46.5 Å². The normalized spacial score (nSPS) is 10.2. The van der Waals surface area contributed by atoms with Gasteiger partial charge in [0.05, 0.1) is 17.3 Å². The SMILES string of the molecule is N#Cc1ccc(OCc2csc(-c3ccsc3)n2)cc1. The molecule has 0 saturated heterocycles. The van der Waals surface area contributed by atoms with Crippen molar-refractivity contribution in [2.45, 2.75) is 6.61 Å². The van der Waals surface area contributed by atoms with Gasteiger partial charge >= 0.3 is 0 Å². The zero-order chi connectivity index (χ0) is 13.8. The number of thiazole rings is 1. The van der Waals surface area contributed by atoms with Crippen LogP contribution in [-0.4, -0.2) is 4.98 Å². The van der Waals surface area contributed by atoms with Crippen molar-refractivity contribution < 1.29 is 4.74 Å². The van der Waals surface area contributed by atoms with E-state index in [0.717, 1.165) is 22.0 Å². The summed E-state index contributed by atoms with van der Waals surface area (Å²) in [5.41, 5.74) is 2.70. The van der Waals surface area contributed by atoms with E-state index in [-0.39, 0.29) is 0 Å². The lowest BCUT2D eigenvalue weighted by Gasteiger charge is -2.03. The Morgan fingerprint density at radius 1 is 1.15 bits per heavy atom. The molecule has 2 aromatic heterocycles. The van der Waals surface area contributed by atoms with Gasteiger partial charge in [-0.25, -0.2) is 4.98 Å². The van der Waals surface area contributed by atoms with E-state index in [0.29, 0.717) is 12.2 Å². The van der Waals surface area contributed by atoms with Gasteiger partial charge in [0, 0.05) is 16.3 Å². The fourth-order valence-electron chi connectivity index (χ4n) is 1.67. The Labute approximate surface area is 124 Å². The Balaban J connectivity index is 1.65. The van der Waals surface area contributed by atoms with Gasteiger partial charge in [-0.3, -0.25) is 0 Å². The first-order chi connectivity index (χ1) is 9.85. The summed E-state index contributed by atoms with van der Waals surface area (Å²) in [6, 6.07) is 11.2. The van der Waals surface area contributed by atoms with Crippen molar-refractivity contribution in [3.05, 3.63) is 57.7 Å². The third-order valence-electron chi connectivity index (χ3n) is 2.69. The van der Waals surface area contributed by atoms with Crippen LogP contribution < -0.4 is 4.74 Å². The third-order valence-corrected chi connectivity index (χ3v) is 4.31. The highest BCUT2D eigenvalue weighted by molar-refractivity contribution is 7.14. The molecule has 1 aromatic carbocycles. The molecule has 0 aliphatic carbocycles. The molecule has 20 heavy (non-hydrogen) atoms. The fraction of sp³-hybridized carbons (Fsp3) is 0.0667. The zero-order valence-electron chi connectivity index (χ0n) is 10.4. The Hall–Kier alpha value is -2.16. The molecule has 5 heteroatoms. The summed E-state index contributed by atoms with van der Waals surface area (Å²) in [4.78, 5) is 4.55. The molecule has 0 spiro atoms. The minimum Gasteiger partial charge on any atom is -0.487 e. The van der Waals surface area contributed by atoms with Gasteiger partial charge in [0.1, 0.15) is 17.4 Å². The first kappa shape index (κ1) is 12.9. The second-order valence-corrected chi connectivity index (χ2v) is 5.72. The number of hydrogen-bond acceptors (Lipinski definition) is 5. The highest BCUT2D eigenvalue weighted by atomic mass is 32.1. The molecule has 3 rings (SSSR count). The van der Waals surface area contributed by atoms with Crippen LogP contribution in [0, 0.1) is 11.3 Å². The Bertz CT molecular complexity index is 724. The summed E-state index contributed by atoms with van der Waals surface area (Å²) in [7, 11) is 0. The molecule has 0 radical (unpaired) electrons. The van der Waals surface area contributed by atoms with E-state index in [1.165, 1.54) is 0 Å². The molecule has 0 saturated carbocycles. The van der Waals surface area contributed by atoms with Gasteiger partial charge in [0.2, 0.25) is 0 Å². The van der Waals surface area contributed by atoms with E-state index >= 15 is 0 Å². The maximum absolute atomic E-state index is 8.73. The van der Waals surface area contributed by atoms with Gasteiger partial charge in [0.15, 0.2) is 0 Å². The second kappa shape index (κ2) is 5.87. The molecule has 3 aromatic rings. The molecular formula is C15H10N2OS2. The minimum atomic E-state index is 0.437. The zero-order valence-corrected chi connectivity index (χ0v) is 12.1. The lowest BCUT2D eigenvalue weighted by atomic mass is 10.2. The van der Waals surface area contributed by atoms with E-state index in [1.807, 2.05) is 10.8 Å². The van der Waals surface area contributed by atoms with Gasteiger partial charge in [-0.1, -0.05) is 0 Å². The smallest absolute Gasteiger partial charge is 0.131 e. The van der Waals surface area contributed by atoms with Crippen molar-refractivity contribution in [2.75, 3.05) is 0 Å². The van der Waals surface area contributed by atoms with E-state index in [9.17, 15) is 0 Å². The molecule has 0 amide bonds. The van der Waals surface area contributed by atoms with Crippen LogP contribution in [0.2, 0.25) is 0 Å². The number of thiophene rings is 1. The van der Waals surface area contributed by atoms with Crippen molar-refractivity contribution in [1.82, 2.24) is 4.98 Å². The van der Waals surface area contributed by atoms with Crippen LogP contribution in [0.1, 0.15) is 11.3 Å². The number of hydrogen-bond donors (Lipinski definition) is 0. The van der Waals surface area contributed by atoms with Crippen LogP contribution in [0.3, 0.4) is 0 Å². The molecule has 0 aliphatic rings. The van der Waals surface area contributed by atoms with Crippen LogP contribution in [0.25, 0.3) is 10.6 Å². The molecule has 0 aliphatic heterocycles. The van der Waals surface area contributed by atoms with E-state index in [2.05, 4.69) is 22.5 Å². The first-order valence-corrected chi connectivity index (χ1v) is 7.77. The molecule has 0 atom stereocenters. The Morgan fingerprint density at radius 3 is 2.70 bits per heavy atom. The highest BCUT2D eigenvalue weighted by Gasteiger charge is 2.05. The Kier molecular flexibility index (Phi) is 3.77. The highest BCUT2D eigenvalue weighted by Crippen LogP contribution is 2.26. The maximum atomic E-state index is 8.73. The average molecular weight is 298 g/mol. The summed E-state index contributed by atoms with van der Waals surface area (Å²) in [6.07, 6.45) is 0. The van der Waals surface area contributed by atoms with E-state index in [1.54, 1.807) is 46.9 Å². The molecule has 0 N–H and O–H groups in total. The summed E-state index contributed by atoms with van der Waals surface area (Å²) < 4.78 is 5.66. The van der Waals surface area contributed by atoms with E-state index in [4.69, 9.17) is 10.00 Å². The molecule has 0 fully saturated rings. The van der Waals surface area contributed by atoms with Gasteiger partial charge in [-0.05, 0) is 35.7 Å². The summed E-state index contributed by atoms with van der Waals surface area (Å²) in [5, 5.41) is 15.9. The maximum Gasteiger partial charge on any atom is 0.131 e. The number of nitriles is 1. The van der Waals surface area contributed by atoms with Crippen LogP contribution in [-0.2, 0) is 6.61 Å². The molecule has 0 bridgehead atoms. The largest absolute Gasteiger partial charge is 0.487 e. The van der Waals surface area contributed by atoms with Crippen LogP contribution in [0.4, 0.5) is 0 Å². The third kappa shape index (κ3) is 2.87. The van der Waals surface area contributed by atoms with Crippen molar-refractivity contribution in [3.8, 4) is 22.4 Å². The topological polar surface area (TPSA) is 45.9 Å². The number of nitrogens with zero attached hydrogens (tertiary/aromatic N) is 2. The summed E-state index contributed by atoms with van der Waals surface area (Å²) >= 11 is 3.29. The minimum absolute atomic E-state index is 0.437. The van der Waals surface area contributed by atoms with Crippen LogP contribution >= 0.6 is 22.7 Å². The summed E-state index contributed by atoms with van der Waals surface area (Å²) in [5.74, 6) is 0.745. The number of aromatic nitrogens is 1. The molecular weight excluding hydrogens is 288 g/mol. The van der Waals surface area contributed by atoms with Crippen molar-refractivity contribution in [1.29, 1.82) is 5.26 Å². The van der Waals surface area contributed by atoms with Crippen LogP contribution in [0.5, 0.6) is 5.75 Å². The van der Waals surface area contributed by atoms with Crippen molar-refractivity contribution in [3.63, 3.8) is 0 Å². The molecule has 0 unspecified atom stereocenters. The first-order valence-electron chi connectivity index (χ1n) is 5.95. The van der Waals surface area contributed by atoms with E-state index < -0.39 is 0 Å². The predicted molar refractivity (Wildman–Crippen MR) is 80.9 cm³/mol. The van der Waals surface area contributed by atoms with Crippen molar-refractivity contribution >= 4 is 22.7 Å². The Morgan fingerprint density at radius 2 is 2.00 bits per heavy atom. The number of ether oxygens (including phenoxy) is 1. The van der Waals surface area contributed by atoms with Gasteiger partial charge < -0.3 is 4.74 Å². The van der Waals surface area contributed by atoms with Gasteiger partial charge in [0.25, 0.3) is 0 Å². The lowest BCUT2D eigenvalue weighted by Crippen LogP contribution is -1.95. The molecule has 98 valence electrons. The quantitative estimate of drug-likeness (QED) is 0.720. The number of rotatable bonds is 4. The fourth-order valence-corrected chi connectivity index (χ4v) is 3.19. The van der Waals surface area contributed by atoms with Gasteiger partial charge in [-0.2, -0.15) is 16.6 Å². The van der Waals surface area contributed by atoms with Crippen molar-refractivity contribution in [2.24, 2.45) is 0 Å². The monoisotopic (exact) mass is 298 g/mol. The number of benzene rings is 1. The second-order valence-electron chi connectivity index (χ2n) is 4.08. The standard InChI is InChI=1S/C15H10N2OS2/c16-7-11-1-3-14(4-2-11)18-8-13-10-20-15(17-13)12-5-6-19-9-12/h1-6,9-10H,8H2. The molecule has 3 nitrogen and oxygen atoms in total. The summed E-state index contributed by atoms with van der Waals surface area (Å²) in [6.45, 7) is 0.437. The molecule has 2 heterocycles. The predicted octanol–water partition coefficient (Wildman–Crippen LogP) is 4.32.